The van der Waals surface area contributed by atoms with Crippen LogP contribution in [0.2, 0.25) is 0 Å². The van der Waals surface area contributed by atoms with Crippen molar-refractivity contribution in [2.45, 2.75) is 13.0 Å². The van der Waals surface area contributed by atoms with Gasteiger partial charge in [0.15, 0.2) is 11.5 Å². The summed E-state index contributed by atoms with van der Waals surface area (Å²) < 4.78 is 11.6. The fourth-order valence-corrected chi connectivity index (χ4v) is 2.52. The lowest BCUT2D eigenvalue weighted by molar-refractivity contribution is -0.385. The number of hydrazone groups is 1. The maximum atomic E-state index is 12.2. The molecule has 0 aliphatic carbocycles. The monoisotopic (exact) mass is 441 g/mol. The molecule has 0 fully saturated rings. The van der Waals surface area contributed by atoms with Crippen molar-refractivity contribution in [2.75, 3.05) is 14.2 Å². The van der Waals surface area contributed by atoms with Gasteiger partial charge in [-0.25, -0.2) is 10.1 Å². The van der Waals surface area contributed by atoms with Gasteiger partial charge in [0, 0.05) is 10.0 Å². The van der Waals surface area contributed by atoms with Gasteiger partial charge in [-0.1, -0.05) is 15.9 Å². The molecule has 0 radical (unpaired) electrons. The van der Waals surface area contributed by atoms with Crippen molar-refractivity contribution >= 4 is 33.7 Å². The molecule has 12 heteroatoms. The standard InChI is InChI=1S/C15H16BrN5O6/c1-8(20-7-11(21(24)25)15(19-20)27-3)14(23)18-17-6-9-4-10(16)5-12(26-2)13(9)22/h4-8,22H,1-3H3,(H,18,23)/t8-/m0/s1. The summed E-state index contributed by atoms with van der Waals surface area (Å²) >= 11 is 3.27. The number of halogens is 1. The number of carbonyl (C=O) groups excluding carboxylic acids is 1. The molecule has 1 atom stereocenters. The second-order valence-electron chi connectivity index (χ2n) is 5.22. The molecule has 144 valence electrons. The Morgan fingerprint density at radius 1 is 1.48 bits per heavy atom. The number of phenolic OH excluding ortho intramolecular Hbond substituents is 1. The molecule has 0 aliphatic rings. The quantitative estimate of drug-likeness (QED) is 0.380. The van der Waals surface area contributed by atoms with Gasteiger partial charge >= 0.3 is 11.6 Å². The first-order valence-corrected chi connectivity index (χ1v) is 8.24. The molecule has 0 aliphatic heterocycles. The van der Waals surface area contributed by atoms with Crippen LogP contribution in [0.25, 0.3) is 0 Å². The van der Waals surface area contributed by atoms with Crippen molar-refractivity contribution in [2.24, 2.45) is 5.10 Å². The van der Waals surface area contributed by atoms with Gasteiger partial charge in [-0.3, -0.25) is 14.9 Å². The highest BCUT2D eigenvalue weighted by Crippen LogP contribution is 2.32. The second kappa shape index (κ2) is 8.49. The summed E-state index contributed by atoms with van der Waals surface area (Å²) in [6.45, 7) is 1.49. The van der Waals surface area contributed by atoms with Crippen molar-refractivity contribution in [3.05, 3.63) is 38.5 Å². The zero-order valence-corrected chi connectivity index (χ0v) is 16.1. The fourth-order valence-electron chi connectivity index (χ4n) is 2.06. The van der Waals surface area contributed by atoms with Crippen molar-refractivity contribution in [1.82, 2.24) is 15.2 Å². The normalized spacial score (nSPS) is 12.0. The molecule has 11 nitrogen and oxygen atoms in total. The number of nitrogens with zero attached hydrogens (tertiary/aromatic N) is 4. The Kier molecular flexibility index (Phi) is 6.34. The van der Waals surface area contributed by atoms with E-state index in [0.717, 1.165) is 10.9 Å². The molecule has 0 saturated heterocycles. The summed E-state index contributed by atoms with van der Waals surface area (Å²) in [5.74, 6) is -0.678. The van der Waals surface area contributed by atoms with Gasteiger partial charge in [0.1, 0.15) is 12.2 Å². The Hall–Kier alpha value is -3.15. The van der Waals surface area contributed by atoms with E-state index in [-0.39, 0.29) is 23.1 Å². The minimum absolute atomic E-state index is 0.140. The zero-order valence-electron chi connectivity index (χ0n) is 14.5. The van der Waals surface area contributed by atoms with Crippen LogP contribution in [0.4, 0.5) is 5.69 Å². The van der Waals surface area contributed by atoms with Crippen LogP contribution < -0.4 is 14.9 Å². The lowest BCUT2D eigenvalue weighted by Gasteiger charge is -2.09. The lowest BCUT2D eigenvalue weighted by Crippen LogP contribution is -2.27. The smallest absolute Gasteiger partial charge is 0.350 e. The highest BCUT2D eigenvalue weighted by Gasteiger charge is 2.25. The van der Waals surface area contributed by atoms with E-state index in [1.807, 2.05) is 0 Å². The molecule has 2 N–H and O–H groups in total. The van der Waals surface area contributed by atoms with Crippen LogP contribution in [0, 0.1) is 10.1 Å². The molecule has 1 amide bonds. The van der Waals surface area contributed by atoms with Gasteiger partial charge in [0.25, 0.3) is 5.91 Å². The predicted octanol–water partition coefficient (Wildman–Crippen LogP) is 1.99. The number of hydrogen-bond acceptors (Lipinski definition) is 8. The highest BCUT2D eigenvalue weighted by atomic mass is 79.9. The molecular weight excluding hydrogens is 426 g/mol. The van der Waals surface area contributed by atoms with Gasteiger partial charge in [0.05, 0.1) is 25.4 Å². The third kappa shape index (κ3) is 4.53. The fraction of sp³-hybridized carbons (Fsp3) is 0.267. The van der Waals surface area contributed by atoms with Gasteiger partial charge in [-0.2, -0.15) is 5.10 Å². The summed E-state index contributed by atoms with van der Waals surface area (Å²) in [6, 6.07) is 2.26. The second-order valence-corrected chi connectivity index (χ2v) is 6.13. The van der Waals surface area contributed by atoms with Crippen molar-refractivity contribution in [3.63, 3.8) is 0 Å². The Morgan fingerprint density at radius 3 is 2.74 bits per heavy atom. The average molecular weight is 442 g/mol. The number of nitrogens with one attached hydrogen (secondary N) is 1. The van der Waals surface area contributed by atoms with Crippen molar-refractivity contribution in [1.29, 1.82) is 0 Å². The molecule has 0 unspecified atom stereocenters. The van der Waals surface area contributed by atoms with Crippen LogP contribution in [-0.2, 0) is 4.79 Å². The van der Waals surface area contributed by atoms with Crippen LogP contribution in [0.15, 0.2) is 27.9 Å². The number of phenols is 1. The maximum Gasteiger partial charge on any atom is 0.350 e. The SMILES string of the molecule is COc1cc(Br)cc(C=NNC(=O)[C@H](C)n2cc([N+](=O)[O-])c(OC)n2)c1O. The van der Waals surface area contributed by atoms with E-state index in [4.69, 9.17) is 9.47 Å². The van der Waals surface area contributed by atoms with Gasteiger partial charge in [-0.15, -0.1) is 5.10 Å². The molecule has 27 heavy (non-hydrogen) atoms. The van der Waals surface area contributed by atoms with Crippen molar-refractivity contribution in [3.8, 4) is 17.4 Å². The lowest BCUT2D eigenvalue weighted by atomic mass is 10.2. The van der Waals surface area contributed by atoms with Crippen LogP contribution in [-0.4, -0.2) is 46.2 Å². The van der Waals surface area contributed by atoms with Gasteiger partial charge < -0.3 is 14.6 Å². The molecule has 0 saturated carbocycles. The van der Waals surface area contributed by atoms with E-state index in [9.17, 15) is 20.0 Å². The molecule has 2 rings (SSSR count). The van der Waals surface area contributed by atoms with Crippen LogP contribution in [0.1, 0.15) is 18.5 Å². The third-order valence-corrected chi connectivity index (χ3v) is 3.97. The predicted molar refractivity (Wildman–Crippen MR) is 98.2 cm³/mol. The molecule has 0 bridgehead atoms. The molecule has 1 heterocycles. The average Bonchev–Trinajstić information content (AvgIpc) is 3.08. The Labute approximate surface area is 161 Å². The summed E-state index contributed by atoms with van der Waals surface area (Å²) in [5, 5.41) is 28.6. The van der Waals surface area contributed by atoms with Crippen molar-refractivity contribution < 1.29 is 24.3 Å². The number of aromatic nitrogens is 2. The number of methoxy groups -OCH3 is 2. The summed E-state index contributed by atoms with van der Waals surface area (Å²) in [5.41, 5.74) is 2.24. The Morgan fingerprint density at radius 2 is 2.19 bits per heavy atom. The third-order valence-electron chi connectivity index (χ3n) is 3.51. The number of amides is 1. The van der Waals surface area contributed by atoms with E-state index in [2.05, 4.69) is 31.6 Å². The Bertz CT molecular complexity index is 897. The highest BCUT2D eigenvalue weighted by molar-refractivity contribution is 9.10. The number of carbonyl (C=O) groups is 1. The molecular formula is C15H16BrN5O6. The molecule has 2 aromatic rings. The largest absolute Gasteiger partial charge is 0.504 e. The number of rotatable bonds is 7. The van der Waals surface area contributed by atoms with E-state index in [1.165, 1.54) is 27.4 Å². The Balaban J connectivity index is 2.13. The number of hydrogen-bond donors (Lipinski definition) is 2. The molecule has 1 aromatic heterocycles. The van der Waals surface area contributed by atoms with E-state index in [1.54, 1.807) is 12.1 Å². The first-order chi connectivity index (χ1) is 12.8. The van der Waals surface area contributed by atoms with Gasteiger partial charge in [0.2, 0.25) is 0 Å². The maximum absolute atomic E-state index is 12.2. The molecule has 0 spiro atoms. The number of benzene rings is 1. The zero-order chi connectivity index (χ0) is 20.1. The first-order valence-electron chi connectivity index (χ1n) is 7.45. The minimum atomic E-state index is -0.893. The van der Waals surface area contributed by atoms with E-state index < -0.39 is 16.9 Å². The molecule has 1 aromatic carbocycles. The van der Waals surface area contributed by atoms with Crippen LogP contribution >= 0.6 is 15.9 Å². The van der Waals surface area contributed by atoms with Crippen LogP contribution in [0.3, 0.4) is 0 Å². The summed E-state index contributed by atoms with van der Waals surface area (Å²) in [7, 11) is 2.65. The van der Waals surface area contributed by atoms with E-state index in [0.29, 0.717) is 10.0 Å². The van der Waals surface area contributed by atoms with E-state index >= 15 is 0 Å². The minimum Gasteiger partial charge on any atom is -0.504 e. The first kappa shape index (κ1) is 20.2. The van der Waals surface area contributed by atoms with Crippen LogP contribution in [0.5, 0.6) is 17.4 Å². The number of aromatic hydroxyl groups is 1. The number of nitro groups is 1. The summed E-state index contributed by atoms with van der Waals surface area (Å²) in [4.78, 5) is 22.5. The summed E-state index contributed by atoms with van der Waals surface area (Å²) in [6.07, 6.45) is 2.33. The van der Waals surface area contributed by atoms with Gasteiger partial charge in [-0.05, 0) is 19.1 Å². The number of ether oxygens (including phenoxy) is 2. The topological polar surface area (TPSA) is 141 Å².